The normalized spacial score (nSPS) is 14.7. The molecule has 33 heavy (non-hydrogen) atoms. The van der Waals surface area contributed by atoms with Crippen molar-refractivity contribution < 1.29 is 14.4 Å². The zero-order valence-electron chi connectivity index (χ0n) is 19.0. The van der Waals surface area contributed by atoms with Gasteiger partial charge in [-0.05, 0) is 80.8 Å². The summed E-state index contributed by atoms with van der Waals surface area (Å²) >= 11 is 0. The number of hydrogen-bond acceptors (Lipinski definition) is 4. The van der Waals surface area contributed by atoms with Crippen molar-refractivity contribution in [2.45, 2.75) is 27.7 Å². The Morgan fingerprint density at radius 2 is 1.82 bits per heavy atom. The van der Waals surface area contributed by atoms with Gasteiger partial charge in [-0.3, -0.25) is 9.59 Å². The fraction of sp³-hybridized carbons (Fsp3) is 0.200. The van der Waals surface area contributed by atoms with E-state index >= 15 is 0 Å². The molecule has 1 aliphatic rings. The topological polar surface area (TPSA) is 96.3 Å². The van der Waals surface area contributed by atoms with Gasteiger partial charge < -0.3 is 15.2 Å². The molecule has 0 bridgehead atoms. The maximum absolute atomic E-state index is 12.9. The van der Waals surface area contributed by atoms with Gasteiger partial charge in [0.05, 0.1) is 0 Å². The van der Waals surface area contributed by atoms with E-state index in [1.165, 1.54) is 0 Å². The Labute approximate surface area is 191 Å². The largest absolute Gasteiger partial charge is 0.329 e. The highest BCUT2D eigenvalue weighted by atomic mass is 16.2. The minimum absolute atomic E-state index is 0.126. The number of benzene rings is 1. The quantitative estimate of drug-likeness (QED) is 0.465. The number of rotatable bonds is 5. The van der Waals surface area contributed by atoms with E-state index in [1.807, 2.05) is 68.7 Å². The second-order valence-electron chi connectivity index (χ2n) is 8.15. The SMILES string of the molecule is Cc1cccc(NC(=O)CN2C(=O)NC(=Cc3cc(C)n(-c4cc(C)ccn4)c3C)C2=O)c1. The third kappa shape index (κ3) is 4.55. The summed E-state index contributed by atoms with van der Waals surface area (Å²) in [6, 6.07) is 12.5. The molecule has 3 heterocycles. The van der Waals surface area contributed by atoms with E-state index < -0.39 is 17.8 Å². The van der Waals surface area contributed by atoms with Crippen LogP contribution in [0.2, 0.25) is 0 Å². The summed E-state index contributed by atoms with van der Waals surface area (Å²) < 4.78 is 1.99. The van der Waals surface area contributed by atoms with Crippen LogP contribution in [0.25, 0.3) is 11.9 Å². The van der Waals surface area contributed by atoms with Crippen molar-refractivity contribution in [3.63, 3.8) is 0 Å². The summed E-state index contributed by atoms with van der Waals surface area (Å²) in [4.78, 5) is 43.0. The first-order chi connectivity index (χ1) is 15.7. The predicted octanol–water partition coefficient (Wildman–Crippen LogP) is 3.64. The lowest BCUT2D eigenvalue weighted by atomic mass is 10.2. The average Bonchev–Trinajstić information content (AvgIpc) is 3.17. The number of aryl methyl sites for hydroxylation is 3. The highest BCUT2D eigenvalue weighted by Gasteiger charge is 2.35. The first kappa shape index (κ1) is 22.0. The molecule has 0 radical (unpaired) electrons. The van der Waals surface area contributed by atoms with Crippen molar-refractivity contribution >= 4 is 29.6 Å². The van der Waals surface area contributed by atoms with Crippen LogP contribution in [0.1, 0.15) is 28.1 Å². The van der Waals surface area contributed by atoms with Gasteiger partial charge in [0.2, 0.25) is 5.91 Å². The zero-order valence-corrected chi connectivity index (χ0v) is 19.0. The number of imide groups is 1. The fourth-order valence-corrected chi connectivity index (χ4v) is 3.87. The zero-order chi connectivity index (χ0) is 23.7. The standard InChI is InChI=1S/C25H25N5O3/c1-15-6-5-7-20(10-15)27-23(31)14-29-24(32)21(28-25(29)33)13-19-12-17(3)30(18(19)4)22-11-16(2)8-9-26-22/h5-13H,14H2,1-4H3,(H,27,31)(H,28,33). The van der Waals surface area contributed by atoms with E-state index in [-0.39, 0.29) is 12.2 Å². The molecule has 1 saturated heterocycles. The van der Waals surface area contributed by atoms with Gasteiger partial charge in [0.1, 0.15) is 18.1 Å². The van der Waals surface area contributed by atoms with Crippen molar-refractivity contribution in [1.29, 1.82) is 0 Å². The second kappa shape index (κ2) is 8.74. The van der Waals surface area contributed by atoms with Gasteiger partial charge in [-0.25, -0.2) is 14.7 Å². The fourth-order valence-electron chi connectivity index (χ4n) is 3.87. The number of carbonyl (C=O) groups is 3. The molecular weight excluding hydrogens is 418 g/mol. The van der Waals surface area contributed by atoms with Crippen LogP contribution < -0.4 is 10.6 Å². The molecular formula is C25H25N5O3. The van der Waals surface area contributed by atoms with Gasteiger partial charge >= 0.3 is 6.03 Å². The molecule has 1 fully saturated rings. The van der Waals surface area contributed by atoms with Crippen molar-refractivity contribution in [1.82, 2.24) is 19.8 Å². The number of hydrogen-bond donors (Lipinski definition) is 2. The van der Waals surface area contributed by atoms with E-state index in [0.717, 1.165) is 38.8 Å². The Hall–Kier alpha value is -4.20. The summed E-state index contributed by atoms with van der Waals surface area (Å²) in [6.45, 7) is 7.42. The van der Waals surface area contributed by atoms with E-state index in [2.05, 4.69) is 15.6 Å². The van der Waals surface area contributed by atoms with Crippen LogP contribution in [0.15, 0.2) is 54.4 Å². The third-order valence-electron chi connectivity index (χ3n) is 5.47. The smallest absolute Gasteiger partial charge is 0.325 e. The molecule has 4 amide bonds. The average molecular weight is 444 g/mol. The minimum atomic E-state index is -0.625. The second-order valence-corrected chi connectivity index (χ2v) is 8.15. The molecule has 0 spiro atoms. The minimum Gasteiger partial charge on any atom is -0.325 e. The van der Waals surface area contributed by atoms with Crippen LogP contribution in [0.4, 0.5) is 10.5 Å². The maximum atomic E-state index is 12.9. The van der Waals surface area contributed by atoms with Gasteiger partial charge in [0.15, 0.2) is 0 Å². The molecule has 168 valence electrons. The van der Waals surface area contributed by atoms with E-state index in [1.54, 1.807) is 18.3 Å². The van der Waals surface area contributed by atoms with Gasteiger partial charge in [-0.15, -0.1) is 0 Å². The Balaban J connectivity index is 1.53. The van der Waals surface area contributed by atoms with Crippen LogP contribution >= 0.6 is 0 Å². The Kier molecular flexibility index (Phi) is 5.83. The van der Waals surface area contributed by atoms with Crippen LogP contribution in [-0.4, -0.2) is 38.8 Å². The molecule has 8 heteroatoms. The predicted molar refractivity (Wildman–Crippen MR) is 126 cm³/mol. The number of aromatic nitrogens is 2. The first-order valence-electron chi connectivity index (χ1n) is 10.6. The lowest BCUT2D eigenvalue weighted by Crippen LogP contribution is -2.38. The van der Waals surface area contributed by atoms with Gasteiger partial charge in [0.25, 0.3) is 5.91 Å². The lowest BCUT2D eigenvalue weighted by molar-refractivity contribution is -0.127. The molecule has 2 N–H and O–H groups in total. The molecule has 3 aromatic rings. The van der Waals surface area contributed by atoms with Gasteiger partial charge in [0, 0.05) is 23.3 Å². The number of carbonyl (C=O) groups excluding carboxylic acids is 3. The summed E-state index contributed by atoms with van der Waals surface area (Å²) in [5, 5.41) is 5.29. The molecule has 1 aliphatic heterocycles. The monoisotopic (exact) mass is 443 g/mol. The number of pyridine rings is 1. The molecule has 0 saturated carbocycles. The summed E-state index contributed by atoms with van der Waals surface area (Å²) in [6.07, 6.45) is 3.38. The van der Waals surface area contributed by atoms with Crippen molar-refractivity contribution in [2.24, 2.45) is 0 Å². The number of anilines is 1. The molecule has 0 atom stereocenters. The first-order valence-corrected chi connectivity index (χ1v) is 10.6. The number of nitrogens with zero attached hydrogens (tertiary/aromatic N) is 3. The summed E-state index contributed by atoms with van der Waals surface area (Å²) in [7, 11) is 0. The van der Waals surface area contributed by atoms with Crippen molar-refractivity contribution in [2.75, 3.05) is 11.9 Å². The molecule has 4 rings (SSSR count). The van der Waals surface area contributed by atoms with Crippen LogP contribution in [0.5, 0.6) is 0 Å². The molecule has 1 aromatic carbocycles. The number of amides is 4. The van der Waals surface area contributed by atoms with E-state index in [0.29, 0.717) is 5.69 Å². The molecule has 0 unspecified atom stereocenters. The van der Waals surface area contributed by atoms with Gasteiger partial charge in [-0.1, -0.05) is 12.1 Å². The molecule has 8 nitrogen and oxygen atoms in total. The highest BCUT2D eigenvalue weighted by Crippen LogP contribution is 2.23. The van der Waals surface area contributed by atoms with Crippen molar-refractivity contribution in [3.8, 4) is 5.82 Å². The summed E-state index contributed by atoms with van der Waals surface area (Å²) in [5.74, 6) is -0.210. The van der Waals surface area contributed by atoms with Crippen LogP contribution in [-0.2, 0) is 9.59 Å². The Morgan fingerprint density at radius 1 is 1.06 bits per heavy atom. The van der Waals surface area contributed by atoms with Gasteiger partial charge in [-0.2, -0.15) is 0 Å². The van der Waals surface area contributed by atoms with E-state index in [4.69, 9.17) is 0 Å². The third-order valence-corrected chi connectivity index (χ3v) is 5.47. The van der Waals surface area contributed by atoms with Crippen LogP contribution in [0.3, 0.4) is 0 Å². The Bertz CT molecular complexity index is 1310. The summed E-state index contributed by atoms with van der Waals surface area (Å²) in [5.41, 5.74) is 5.43. The number of urea groups is 1. The van der Waals surface area contributed by atoms with Crippen LogP contribution in [0, 0.1) is 27.7 Å². The number of nitrogens with one attached hydrogen (secondary N) is 2. The van der Waals surface area contributed by atoms with E-state index in [9.17, 15) is 14.4 Å². The highest BCUT2D eigenvalue weighted by molar-refractivity contribution is 6.16. The molecule has 0 aliphatic carbocycles. The molecule has 2 aromatic heterocycles. The Morgan fingerprint density at radius 3 is 2.55 bits per heavy atom. The van der Waals surface area contributed by atoms with Crippen molar-refractivity contribution in [3.05, 3.63) is 82.4 Å². The maximum Gasteiger partial charge on any atom is 0.329 e. The lowest BCUT2D eigenvalue weighted by Gasteiger charge is -2.12.